The minimum atomic E-state index is -0.592. The Morgan fingerprint density at radius 3 is 2.94 bits per heavy atom. The Kier molecular flexibility index (Phi) is 6.04. The molecule has 6 bridgehead atoms. The number of carbonyl (C=O) groups is 2. The third-order valence-electron chi connectivity index (χ3n) is 7.35. The molecule has 0 radical (unpaired) electrons. The Morgan fingerprint density at radius 2 is 2.14 bits per heavy atom. The fourth-order valence-electron chi connectivity index (χ4n) is 5.80. The molecule has 4 N–H and O–H groups in total. The second kappa shape index (κ2) is 9.36. The highest BCUT2D eigenvalue weighted by molar-refractivity contribution is 8.00. The molecule has 186 valence electrons. The maximum Gasteiger partial charge on any atom is 0.237 e. The molecule has 2 amide bonds. The third-order valence-corrected chi connectivity index (χ3v) is 9.59. The molecule has 0 saturated heterocycles. The molecule has 11 heteroatoms. The van der Waals surface area contributed by atoms with Crippen molar-refractivity contribution in [3.63, 3.8) is 0 Å². The van der Waals surface area contributed by atoms with Gasteiger partial charge in [0.05, 0.1) is 24.4 Å². The first-order chi connectivity index (χ1) is 17.5. The SMILES string of the molecule is NC(=O)[C@H]1[C@@H]2C[C@H]3[C@H]1Nc1nc(ncc1F)Nc1cccc(c1)N(Cc1cccs1)C(=O)CS[C@@H]3C2. The van der Waals surface area contributed by atoms with Crippen LogP contribution < -0.4 is 21.3 Å². The van der Waals surface area contributed by atoms with Gasteiger partial charge in [0.15, 0.2) is 11.6 Å². The normalized spacial score (nSPS) is 27.1. The number of halogens is 1. The van der Waals surface area contributed by atoms with Crippen LogP contribution in [0.5, 0.6) is 0 Å². The number of thioether (sulfide) groups is 1. The number of nitrogens with two attached hydrogens (primary N) is 1. The van der Waals surface area contributed by atoms with Gasteiger partial charge in [-0.3, -0.25) is 9.59 Å². The van der Waals surface area contributed by atoms with Gasteiger partial charge >= 0.3 is 0 Å². The van der Waals surface area contributed by atoms with Crippen LogP contribution in [0.25, 0.3) is 0 Å². The van der Waals surface area contributed by atoms with E-state index in [1.165, 1.54) is 0 Å². The molecule has 0 spiro atoms. The van der Waals surface area contributed by atoms with Crippen LogP contribution in [-0.2, 0) is 16.1 Å². The van der Waals surface area contributed by atoms with Crippen LogP contribution in [0, 0.1) is 23.6 Å². The first-order valence-corrected chi connectivity index (χ1v) is 13.8. The number of aromatic nitrogens is 2. The molecule has 3 aliphatic rings. The third kappa shape index (κ3) is 4.30. The highest BCUT2D eigenvalue weighted by Crippen LogP contribution is 2.53. The van der Waals surface area contributed by atoms with Gasteiger partial charge in [-0.2, -0.15) is 4.98 Å². The lowest BCUT2D eigenvalue weighted by Gasteiger charge is -2.35. The summed E-state index contributed by atoms with van der Waals surface area (Å²) < 4.78 is 14.7. The van der Waals surface area contributed by atoms with E-state index in [-0.39, 0.29) is 46.7 Å². The number of carbonyl (C=O) groups excluding carboxylic acids is 2. The van der Waals surface area contributed by atoms with Crippen LogP contribution in [0.2, 0.25) is 0 Å². The van der Waals surface area contributed by atoms with Crippen molar-refractivity contribution in [1.29, 1.82) is 0 Å². The van der Waals surface area contributed by atoms with Crippen LogP contribution in [-0.4, -0.2) is 38.8 Å². The number of fused-ring (bicyclic) bond motifs is 5. The van der Waals surface area contributed by atoms with Gasteiger partial charge in [0.25, 0.3) is 0 Å². The van der Waals surface area contributed by atoms with Crippen LogP contribution in [0.15, 0.2) is 48.0 Å². The molecule has 36 heavy (non-hydrogen) atoms. The summed E-state index contributed by atoms with van der Waals surface area (Å²) in [6.45, 7) is 0.475. The van der Waals surface area contributed by atoms with Crippen LogP contribution in [0.4, 0.5) is 27.5 Å². The summed E-state index contributed by atoms with van der Waals surface area (Å²) in [5, 5.41) is 8.48. The lowest BCUT2D eigenvalue weighted by atomic mass is 9.83. The summed E-state index contributed by atoms with van der Waals surface area (Å²) in [4.78, 5) is 37.3. The maximum atomic E-state index is 14.7. The molecular weight excluding hydrogens is 499 g/mol. The van der Waals surface area contributed by atoms with Gasteiger partial charge in [0.1, 0.15) is 0 Å². The molecule has 1 aromatic carbocycles. The van der Waals surface area contributed by atoms with E-state index in [2.05, 4.69) is 20.6 Å². The lowest BCUT2D eigenvalue weighted by Crippen LogP contribution is -2.46. The van der Waals surface area contributed by atoms with E-state index in [9.17, 15) is 14.0 Å². The second-order valence-electron chi connectivity index (χ2n) is 9.47. The molecule has 1 aliphatic heterocycles. The number of nitrogens with one attached hydrogen (secondary N) is 2. The lowest BCUT2D eigenvalue weighted by molar-refractivity contribution is -0.123. The number of benzene rings is 1. The van der Waals surface area contributed by atoms with Crippen molar-refractivity contribution in [3.8, 4) is 0 Å². The zero-order valence-corrected chi connectivity index (χ0v) is 20.9. The highest BCUT2D eigenvalue weighted by atomic mass is 32.2. The zero-order chi connectivity index (χ0) is 24.8. The molecule has 3 heterocycles. The quantitative estimate of drug-likeness (QED) is 0.475. The van der Waals surface area contributed by atoms with E-state index in [0.717, 1.165) is 29.6 Å². The summed E-state index contributed by atoms with van der Waals surface area (Å²) >= 11 is 3.23. The van der Waals surface area contributed by atoms with E-state index in [4.69, 9.17) is 5.73 Å². The number of rotatable bonds is 3. The van der Waals surface area contributed by atoms with Crippen LogP contribution in [0.1, 0.15) is 17.7 Å². The Morgan fingerprint density at radius 1 is 1.25 bits per heavy atom. The zero-order valence-electron chi connectivity index (χ0n) is 19.3. The Bertz CT molecular complexity index is 1310. The molecule has 8 nitrogen and oxygen atoms in total. The van der Waals surface area contributed by atoms with E-state index in [1.807, 2.05) is 41.8 Å². The first kappa shape index (κ1) is 23.2. The van der Waals surface area contributed by atoms with Gasteiger partial charge in [-0.15, -0.1) is 23.1 Å². The molecule has 2 aliphatic carbocycles. The number of hydrogen-bond acceptors (Lipinski definition) is 8. The first-order valence-electron chi connectivity index (χ1n) is 11.9. The molecule has 6 rings (SSSR count). The molecule has 2 aromatic heterocycles. The van der Waals surface area contributed by atoms with E-state index < -0.39 is 11.7 Å². The standard InChI is InChI=1S/C25H25FN6O2S2/c26-18-10-28-25-29-14-3-1-4-15(9-14)32(11-16-5-2-6-35-16)20(33)12-36-19-8-13-7-17(19)22(21(13)23(27)34)30-24(18)31-25/h1-6,9-10,13,17,19,21-22H,7-8,11-12H2,(H2,27,34)(H2,28,29,30,31)/t13-,17-,19-,21+,22-/m1/s1. The van der Waals surface area contributed by atoms with Crippen molar-refractivity contribution in [2.75, 3.05) is 21.3 Å². The van der Waals surface area contributed by atoms with E-state index in [0.29, 0.717) is 18.0 Å². The fraction of sp³-hybridized carbons (Fsp3) is 0.360. The summed E-state index contributed by atoms with van der Waals surface area (Å²) in [5.74, 6) is -0.618. The van der Waals surface area contributed by atoms with Gasteiger partial charge in [-0.25, -0.2) is 9.37 Å². The van der Waals surface area contributed by atoms with Crippen molar-refractivity contribution in [1.82, 2.24) is 9.97 Å². The molecule has 0 unspecified atom stereocenters. The van der Waals surface area contributed by atoms with Crippen molar-refractivity contribution in [2.24, 2.45) is 23.5 Å². The smallest absolute Gasteiger partial charge is 0.237 e. The summed E-state index contributed by atoms with van der Waals surface area (Å²) in [6, 6.07) is 11.1. The van der Waals surface area contributed by atoms with Gasteiger partial charge < -0.3 is 21.3 Å². The topological polar surface area (TPSA) is 113 Å². The van der Waals surface area contributed by atoms with Crippen LogP contribution >= 0.6 is 23.1 Å². The van der Waals surface area contributed by atoms with E-state index >= 15 is 0 Å². The second-order valence-corrected chi connectivity index (χ2v) is 11.7. The Balaban J connectivity index is 1.40. The monoisotopic (exact) mass is 524 g/mol. The summed E-state index contributed by atoms with van der Waals surface area (Å²) in [7, 11) is 0. The predicted octanol–water partition coefficient (Wildman–Crippen LogP) is 3.99. The minimum absolute atomic E-state index is 0.0158. The van der Waals surface area contributed by atoms with Gasteiger partial charge in [0.2, 0.25) is 17.8 Å². The van der Waals surface area contributed by atoms with Crippen molar-refractivity contribution >= 4 is 58.1 Å². The van der Waals surface area contributed by atoms with Crippen LogP contribution in [0.3, 0.4) is 0 Å². The van der Waals surface area contributed by atoms with Crippen molar-refractivity contribution in [2.45, 2.75) is 30.7 Å². The summed E-state index contributed by atoms with van der Waals surface area (Å²) in [5.41, 5.74) is 7.21. The summed E-state index contributed by atoms with van der Waals surface area (Å²) in [6.07, 6.45) is 2.74. The Labute approximate surface area is 215 Å². The number of nitrogens with zero attached hydrogens (tertiary/aromatic N) is 3. The molecule has 5 atom stereocenters. The van der Waals surface area contributed by atoms with Gasteiger partial charge in [0, 0.05) is 27.5 Å². The number of anilines is 4. The molecule has 2 saturated carbocycles. The van der Waals surface area contributed by atoms with Crippen molar-refractivity contribution < 1.29 is 14.0 Å². The fourth-order valence-corrected chi connectivity index (χ4v) is 7.92. The predicted molar refractivity (Wildman–Crippen MR) is 140 cm³/mol. The number of hydrogen-bond donors (Lipinski definition) is 3. The molecular formula is C25H25FN6O2S2. The van der Waals surface area contributed by atoms with Gasteiger partial charge in [-0.05, 0) is 54.3 Å². The van der Waals surface area contributed by atoms with E-state index in [1.54, 1.807) is 28.0 Å². The minimum Gasteiger partial charge on any atom is -0.369 e. The number of primary amides is 1. The largest absolute Gasteiger partial charge is 0.369 e. The maximum absolute atomic E-state index is 14.7. The Hall–Kier alpha value is -3.18. The highest BCUT2D eigenvalue weighted by Gasteiger charge is 2.55. The van der Waals surface area contributed by atoms with Gasteiger partial charge in [-0.1, -0.05) is 12.1 Å². The number of thiophene rings is 1. The average Bonchev–Trinajstić information content (AvgIpc) is 3.59. The van der Waals surface area contributed by atoms with Crippen molar-refractivity contribution in [3.05, 3.63) is 58.7 Å². The molecule has 3 aromatic rings. The average molecular weight is 525 g/mol. The number of amides is 2. The molecule has 2 fully saturated rings.